The van der Waals surface area contributed by atoms with Gasteiger partial charge in [0.2, 0.25) is 0 Å². The van der Waals surface area contributed by atoms with Crippen LogP contribution in [0.2, 0.25) is 0 Å². The van der Waals surface area contributed by atoms with Crippen LogP contribution in [0.4, 0.5) is 0 Å². The quantitative estimate of drug-likeness (QED) is 0.678. The number of rotatable bonds is 2. The highest BCUT2D eigenvalue weighted by Gasteiger charge is 2.16. The zero-order valence-electron chi connectivity index (χ0n) is 7.62. The van der Waals surface area contributed by atoms with Gasteiger partial charge in [-0.2, -0.15) is 0 Å². The lowest BCUT2D eigenvalue weighted by Gasteiger charge is -2.12. The summed E-state index contributed by atoms with van der Waals surface area (Å²) in [4.78, 5) is 12.7. The zero-order valence-corrected chi connectivity index (χ0v) is 7.62. The van der Waals surface area contributed by atoms with Crippen LogP contribution in [0.3, 0.4) is 0 Å². The van der Waals surface area contributed by atoms with E-state index in [1.807, 2.05) is 0 Å². The largest absolute Gasteiger partial charge is 0.481 e. The van der Waals surface area contributed by atoms with E-state index >= 15 is 0 Å². The van der Waals surface area contributed by atoms with Crippen molar-refractivity contribution >= 4 is 5.97 Å². The van der Waals surface area contributed by atoms with Gasteiger partial charge < -0.3 is 10.0 Å². The minimum absolute atomic E-state index is 0.355. The van der Waals surface area contributed by atoms with Gasteiger partial charge in [0.15, 0.2) is 0 Å². The van der Waals surface area contributed by atoms with Gasteiger partial charge in [-0.25, -0.2) is 0 Å². The van der Waals surface area contributed by atoms with Gasteiger partial charge in [-0.3, -0.25) is 4.79 Å². The molecule has 0 aromatic rings. The van der Waals surface area contributed by atoms with Crippen LogP contribution in [0.1, 0.15) is 25.7 Å². The molecule has 0 saturated carbocycles. The fraction of sp³-hybridized carbons (Fsp3) is 0.889. The number of carboxylic acids is 1. The Labute approximate surface area is 73.4 Å². The summed E-state index contributed by atoms with van der Waals surface area (Å²) in [6, 6.07) is 0. The molecule has 1 N–H and O–H groups in total. The Morgan fingerprint density at radius 1 is 1.50 bits per heavy atom. The van der Waals surface area contributed by atoms with Crippen molar-refractivity contribution in [3.63, 3.8) is 0 Å². The highest BCUT2D eigenvalue weighted by atomic mass is 16.4. The fourth-order valence-corrected chi connectivity index (χ4v) is 1.76. The van der Waals surface area contributed by atoms with Crippen LogP contribution in [0, 0.1) is 5.92 Å². The first-order chi connectivity index (χ1) is 5.68. The van der Waals surface area contributed by atoms with Crippen molar-refractivity contribution in [1.29, 1.82) is 0 Å². The Kier molecular flexibility index (Phi) is 3.53. The van der Waals surface area contributed by atoms with Crippen LogP contribution in [-0.4, -0.2) is 36.1 Å². The first-order valence-electron chi connectivity index (χ1n) is 4.59. The maximum absolute atomic E-state index is 10.4. The molecule has 0 bridgehead atoms. The van der Waals surface area contributed by atoms with E-state index in [9.17, 15) is 4.79 Å². The summed E-state index contributed by atoms with van der Waals surface area (Å²) in [6.45, 7) is 2.17. The molecule has 12 heavy (non-hydrogen) atoms. The summed E-state index contributed by atoms with van der Waals surface area (Å²) in [7, 11) is 2.10. The van der Waals surface area contributed by atoms with Gasteiger partial charge in [-0.05, 0) is 45.3 Å². The van der Waals surface area contributed by atoms with E-state index in [4.69, 9.17) is 5.11 Å². The van der Waals surface area contributed by atoms with Gasteiger partial charge in [-0.1, -0.05) is 0 Å². The Morgan fingerprint density at radius 3 is 2.92 bits per heavy atom. The number of likely N-dealkylation sites (tertiary alicyclic amines) is 1. The highest BCUT2D eigenvalue weighted by molar-refractivity contribution is 5.66. The second kappa shape index (κ2) is 4.45. The number of hydrogen-bond donors (Lipinski definition) is 1. The minimum Gasteiger partial charge on any atom is -0.481 e. The average molecular weight is 171 g/mol. The molecule has 70 valence electrons. The van der Waals surface area contributed by atoms with E-state index in [1.54, 1.807) is 0 Å². The summed E-state index contributed by atoms with van der Waals surface area (Å²) in [5, 5.41) is 8.61. The van der Waals surface area contributed by atoms with E-state index in [0.29, 0.717) is 12.3 Å². The first kappa shape index (κ1) is 9.52. The monoisotopic (exact) mass is 171 g/mol. The van der Waals surface area contributed by atoms with E-state index in [1.165, 1.54) is 0 Å². The molecule has 0 amide bonds. The van der Waals surface area contributed by atoms with Gasteiger partial charge in [0.05, 0.1) is 0 Å². The summed E-state index contributed by atoms with van der Waals surface area (Å²) in [5.41, 5.74) is 0. The third kappa shape index (κ3) is 3.22. The van der Waals surface area contributed by atoms with Crippen LogP contribution in [0.5, 0.6) is 0 Å². The molecule has 0 spiro atoms. The fourth-order valence-electron chi connectivity index (χ4n) is 1.76. The van der Waals surface area contributed by atoms with Crippen molar-refractivity contribution in [1.82, 2.24) is 4.90 Å². The zero-order chi connectivity index (χ0) is 8.97. The standard InChI is InChI=1S/C9H17NO2/c1-10-5-2-3-8(4-6-10)7-9(11)12/h8H,2-7H2,1H3,(H,11,12). The topological polar surface area (TPSA) is 40.5 Å². The van der Waals surface area contributed by atoms with Crippen molar-refractivity contribution in [2.24, 2.45) is 5.92 Å². The molecular weight excluding hydrogens is 154 g/mol. The van der Waals surface area contributed by atoms with Crippen LogP contribution in [0.25, 0.3) is 0 Å². The maximum atomic E-state index is 10.4. The van der Waals surface area contributed by atoms with Crippen molar-refractivity contribution in [3.8, 4) is 0 Å². The molecule has 1 unspecified atom stereocenters. The number of aliphatic carboxylic acids is 1. The Balaban J connectivity index is 2.30. The summed E-state index contributed by atoms with van der Waals surface area (Å²) in [6.07, 6.45) is 3.63. The molecule has 1 aliphatic rings. The normalized spacial score (nSPS) is 26.6. The molecule has 1 atom stereocenters. The molecular formula is C9H17NO2. The third-order valence-electron chi connectivity index (χ3n) is 2.53. The number of nitrogens with zero attached hydrogens (tertiary/aromatic N) is 1. The third-order valence-corrected chi connectivity index (χ3v) is 2.53. The van der Waals surface area contributed by atoms with E-state index < -0.39 is 5.97 Å². The van der Waals surface area contributed by atoms with Crippen LogP contribution in [0.15, 0.2) is 0 Å². The van der Waals surface area contributed by atoms with E-state index in [0.717, 1.165) is 32.4 Å². The highest BCUT2D eigenvalue weighted by Crippen LogP contribution is 2.19. The Morgan fingerprint density at radius 2 is 2.25 bits per heavy atom. The lowest BCUT2D eigenvalue weighted by molar-refractivity contribution is -0.138. The predicted octanol–water partition coefficient (Wildman–Crippen LogP) is 1.19. The molecule has 0 aromatic carbocycles. The van der Waals surface area contributed by atoms with Crippen LogP contribution < -0.4 is 0 Å². The molecule has 0 aliphatic carbocycles. The number of carbonyl (C=O) groups is 1. The molecule has 1 heterocycles. The maximum Gasteiger partial charge on any atom is 0.303 e. The van der Waals surface area contributed by atoms with Crippen LogP contribution in [-0.2, 0) is 4.79 Å². The van der Waals surface area contributed by atoms with Gasteiger partial charge >= 0.3 is 5.97 Å². The van der Waals surface area contributed by atoms with E-state index in [2.05, 4.69) is 11.9 Å². The molecule has 1 rings (SSSR count). The van der Waals surface area contributed by atoms with Crippen molar-refractivity contribution < 1.29 is 9.90 Å². The minimum atomic E-state index is -0.649. The van der Waals surface area contributed by atoms with E-state index in [-0.39, 0.29) is 0 Å². The molecule has 3 nitrogen and oxygen atoms in total. The van der Waals surface area contributed by atoms with Crippen LogP contribution >= 0.6 is 0 Å². The molecule has 1 saturated heterocycles. The SMILES string of the molecule is CN1CCCC(CC(=O)O)CC1. The number of carboxylic acid groups (broad SMARTS) is 1. The van der Waals surface area contributed by atoms with Crippen molar-refractivity contribution in [2.45, 2.75) is 25.7 Å². The van der Waals surface area contributed by atoms with Gasteiger partial charge in [0.1, 0.15) is 0 Å². The predicted molar refractivity (Wildman–Crippen MR) is 47.1 cm³/mol. The molecule has 3 heteroatoms. The molecule has 1 aliphatic heterocycles. The molecule has 0 aromatic heterocycles. The summed E-state index contributed by atoms with van der Waals surface area (Å²) >= 11 is 0. The molecule has 0 radical (unpaired) electrons. The van der Waals surface area contributed by atoms with Gasteiger partial charge in [0, 0.05) is 6.42 Å². The average Bonchev–Trinajstić information content (AvgIpc) is 2.15. The molecule has 1 fully saturated rings. The Bertz CT molecular complexity index is 159. The Hall–Kier alpha value is -0.570. The lowest BCUT2D eigenvalue weighted by Crippen LogP contribution is -2.19. The smallest absolute Gasteiger partial charge is 0.303 e. The van der Waals surface area contributed by atoms with Crippen molar-refractivity contribution in [2.75, 3.05) is 20.1 Å². The van der Waals surface area contributed by atoms with Crippen molar-refractivity contribution in [3.05, 3.63) is 0 Å². The second-order valence-electron chi connectivity index (χ2n) is 3.70. The van der Waals surface area contributed by atoms with Gasteiger partial charge in [-0.15, -0.1) is 0 Å². The number of hydrogen-bond acceptors (Lipinski definition) is 2. The second-order valence-corrected chi connectivity index (χ2v) is 3.70. The lowest BCUT2D eigenvalue weighted by atomic mass is 9.97. The summed E-state index contributed by atoms with van der Waals surface area (Å²) in [5.74, 6) is -0.239. The van der Waals surface area contributed by atoms with Gasteiger partial charge in [0.25, 0.3) is 0 Å². The first-order valence-corrected chi connectivity index (χ1v) is 4.59. The summed E-state index contributed by atoms with van der Waals surface area (Å²) < 4.78 is 0.